The quantitative estimate of drug-likeness (QED) is 0.693. The minimum Gasteiger partial charge on any atom is -0.497 e. The maximum Gasteiger partial charge on any atom is 0.310 e. The highest BCUT2D eigenvalue weighted by atomic mass is 16.5. The second kappa shape index (κ2) is 8.70. The summed E-state index contributed by atoms with van der Waals surface area (Å²) in [6.45, 7) is 0.586. The van der Waals surface area contributed by atoms with Gasteiger partial charge in [-0.3, -0.25) is 4.79 Å². The Bertz CT molecular complexity index is 667. The maximum absolute atomic E-state index is 12.0. The minimum absolute atomic E-state index is 0.122. The SMILES string of the molecule is COc1ccc(-c2ccc(CC(=O)OCC3CCCCC3)cc2)cc1. The number of rotatable bonds is 6. The number of methoxy groups -OCH3 is 1. The predicted octanol–water partition coefficient (Wildman–Crippen LogP) is 5.03. The summed E-state index contributed by atoms with van der Waals surface area (Å²) in [6, 6.07) is 16.1. The van der Waals surface area contributed by atoms with E-state index < -0.39 is 0 Å². The molecule has 3 rings (SSSR count). The zero-order chi connectivity index (χ0) is 17.5. The number of hydrogen-bond donors (Lipinski definition) is 0. The fourth-order valence-electron chi connectivity index (χ4n) is 3.38. The number of carbonyl (C=O) groups is 1. The molecule has 1 fully saturated rings. The van der Waals surface area contributed by atoms with Crippen LogP contribution in [-0.4, -0.2) is 19.7 Å². The van der Waals surface area contributed by atoms with Crippen LogP contribution in [-0.2, 0) is 16.0 Å². The number of esters is 1. The second-order valence-electron chi connectivity index (χ2n) is 6.79. The van der Waals surface area contributed by atoms with E-state index in [1.807, 2.05) is 48.5 Å². The van der Waals surface area contributed by atoms with E-state index in [0.29, 0.717) is 18.9 Å². The largest absolute Gasteiger partial charge is 0.497 e. The third-order valence-electron chi connectivity index (χ3n) is 4.93. The highest BCUT2D eigenvalue weighted by Crippen LogP contribution is 2.24. The van der Waals surface area contributed by atoms with Gasteiger partial charge in [-0.05, 0) is 47.6 Å². The summed E-state index contributed by atoms with van der Waals surface area (Å²) in [7, 11) is 1.66. The van der Waals surface area contributed by atoms with Crippen molar-refractivity contribution in [2.24, 2.45) is 5.92 Å². The molecule has 0 radical (unpaired) electrons. The monoisotopic (exact) mass is 338 g/mol. The van der Waals surface area contributed by atoms with Crippen LogP contribution >= 0.6 is 0 Å². The van der Waals surface area contributed by atoms with Crippen LogP contribution in [0.3, 0.4) is 0 Å². The smallest absolute Gasteiger partial charge is 0.310 e. The Kier molecular flexibility index (Phi) is 6.10. The van der Waals surface area contributed by atoms with Crippen LogP contribution in [0.4, 0.5) is 0 Å². The summed E-state index contributed by atoms with van der Waals surface area (Å²) in [6.07, 6.45) is 6.61. The van der Waals surface area contributed by atoms with Gasteiger partial charge in [-0.1, -0.05) is 55.7 Å². The highest BCUT2D eigenvalue weighted by molar-refractivity contribution is 5.73. The highest BCUT2D eigenvalue weighted by Gasteiger charge is 2.15. The summed E-state index contributed by atoms with van der Waals surface area (Å²) in [4.78, 5) is 12.0. The third-order valence-corrected chi connectivity index (χ3v) is 4.93. The molecule has 0 saturated heterocycles. The lowest BCUT2D eigenvalue weighted by molar-refractivity contribution is -0.144. The summed E-state index contributed by atoms with van der Waals surface area (Å²) < 4.78 is 10.7. The Balaban J connectivity index is 1.51. The average Bonchev–Trinajstić information content (AvgIpc) is 2.68. The molecular formula is C22H26O3. The zero-order valence-electron chi connectivity index (χ0n) is 14.9. The van der Waals surface area contributed by atoms with Crippen molar-refractivity contribution in [1.82, 2.24) is 0 Å². The van der Waals surface area contributed by atoms with Gasteiger partial charge in [-0.2, -0.15) is 0 Å². The molecule has 1 aliphatic carbocycles. The molecule has 1 saturated carbocycles. The predicted molar refractivity (Wildman–Crippen MR) is 99.7 cm³/mol. The first-order chi connectivity index (χ1) is 12.2. The first-order valence-electron chi connectivity index (χ1n) is 9.13. The van der Waals surface area contributed by atoms with E-state index in [1.54, 1.807) is 7.11 Å². The molecule has 2 aromatic carbocycles. The number of benzene rings is 2. The molecule has 0 aromatic heterocycles. The number of hydrogen-bond acceptors (Lipinski definition) is 3. The van der Waals surface area contributed by atoms with E-state index in [-0.39, 0.29) is 5.97 Å². The molecule has 0 amide bonds. The van der Waals surface area contributed by atoms with Crippen molar-refractivity contribution in [1.29, 1.82) is 0 Å². The summed E-state index contributed by atoms with van der Waals surface area (Å²) >= 11 is 0. The molecule has 0 N–H and O–H groups in total. The van der Waals surface area contributed by atoms with Crippen LogP contribution in [0.25, 0.3) is 11.1 Å². The van der Waals surface area contributed by atoms with Gasteiger partial charge in [0.05, 0.1) is 20.1 Å². The van der Waals surface area contributed by atoms with Crippen molar-refractivity contribution in [3.05, 3.63) is 54.1 Å². The lowest BCUT2D eigenvalue weighted by Crippen LogP contribution is -2.17. The first-order valence-corrected chi connectivity index (χ1v) is 9.13. The van der Waals surface area contributed by atoms with E-state index in [9.17, 15) is 4.79 Å². The van der Waals surface area contributed by atoms with Crippen molar-refractivity contribution in [2.45, 2.75) is 38.5 Å². The van der Waals surface area contributed by atoms with Crippen molar-refractivity contribution >= 4 is 5.97 Å². The number of carbonyl (C=O) groups excluding carboxylic acids is 1. The number of ether oxygens (including phenoxy) is 2. The summed E-state index contributed by atoms with van der Waals surface area (Å²) in [5, 5.41) is 0. The van der Waals surface area contributed by atoms with Gasteiger partial charge in [0.15, 0.2) is 0 Å². The lowest BCUT2D eigenvalue weighted by Gasteiger charge is -2.21. The molecule has 3 heteroatoms. The fraction of sp³-hybridized carbons (Fsp3) is 0.409. The van der Waals surface area contributed by atoms with Gasteiger partial charge in [0.2, 0.25) is 0 Å². The van der Waals surface area contributed by atoms with Crippen LogP contribution < -0.4 is 4.74 Å². The van der Waals surface area contributed by atoms with E-state index in [4.69, 9.17) is 9.47 Å². The zero-order valence-corrected chi connectivity index (χ0v) is 14.9. The standard InChI is InChI=1S/C22H26O3/c1-24-21-13-11-20(12-14-21)19-9-7-17(8-10-19)15-22(23)25-16-18-5-3-2-4-6-18/h7-14,18H,2-6,15-16H2,1H3. The molecule has 25 heavy (non-hydrogen) atoms. The Hall–Kier alpha value is -2.29. The molecule has 0 bridgehead atoms. The van der Waals surface area contributed by atoms with Crippen molar-refractivity contribution in [3.8, 4) is 16.9 Å². The maximum atomic E-state index is 12.0. The Morgan fingerprint density at radius 3 is 2.12 bits per heavy atom. The van der Waals surface area contributed by atoms with Crippen LogP contribution in [0.2, 0.25) is 0 Å². The van der Waals surface area contributed by atoms with E-state index in [1.165, 1.54) is 32.1 Å². The van der Waals surface area contributed by atoms with Crippen molar-refractivity contribution in [3.63, 3.8) is 0 Å². The lowest BCUT2D eigenvalue weighted by atomic mass is 9.90. The Morgan fingerprint density at radius 1 is 0.920 bits per heavy atom. The van der Waals surface area contributed by atoms with Crippen LogP contribution in [0.15, 0.2) is 48.5 Å². The second-order valence-corrected chi connectivity index (χ2v) is 6.79. The Labute approximate surface area is 150 Å². The van der Waals surface area contributed by atoms with E-state index in [0.717, 1.165) is 22.4 Å². The molecule has 0 atom stereocenters. The van der Waals surface area contributed by atoms with Crippen LogP contribution in [0.1, 0.15) is 37.7 Å². The first kappa shape index (κ1) is 17.5. The van der Waals surface area contributed by atoms with Gasteiger partial charge < -0.3 is 9.47 Å². The Morgan fingerprint density at radius 2 is 1.52 bits per heavy atom. The third kappa shape index (κ3) is 5.09. The van der Waals surface area contributed by atoms with E-state index in [2.05, 4.69) is 0 Å². The fourth-order valence-corrected chi connectivity index (χ4v) is 3.38. The van der Waals surface area contributed by atoms with Gasteiger partial charge in [0.25, 0.3) is 0 Å². The van der Waals surface area contributed by atoms with Gasteiger partial charge in [-0.15, -0.1) is 0 Å². The van der Waals surface area contributed by atoms with Gasteiger partial charge in [0, 0.05) is 0 Å². The van der Waals surface area contributed by atoms with Crippen molar-refractivity contribution < 1.29 is 14.3 Å². The van der Waals surface area contributed by atoms with Gasteiger partial charge >= 0.3 is 5.97 Å². The average molecular weight is 338 g/mol. The molecular weight excluding hydrogens is 312 g/mol. The van der Waals surface area contributed by atoms with Gasteiger partial charge in [-0.25, -0.2) is 0 Å². The van der Waals surface area contributed by atoms with Crippen LogP contribution in [0, 0.1) is 5.92 Å². The summed E-state index contributed by atoms with van der Waals surface area (Å²) in [5.74, 6) is 1.29. The molecule has 0 aliphatic heterocycles. The van der Waals surface area contributed by atoms with Crippen LogP contribution in [0.5, 0.6) is 5.75 Å². The molecule has 0 heterocycles. The molecule has 1 aliphatic rings. The molecule has 0 spiro atoms. The molecule has 3 nitrogen and oxygen atoms in total. The molecule has 2 aromatic rings. The topological polar surface area (TPSA) is 35.5 Å². The van der Waals surface area contributed by atoms with Gasteiger partial charge in [0.1, 0.15) is 5.75 Å². The van der Waals surface area contributed by atoms with E-state index >= 15 is 0 Å². The minimum atomic E-state index is -0.122. The summed E-state index contributed by atoms with van der Waals surface area (Å²) in [5.41, 5.74) is 3.25. The normalized spacial score (nSPS) is 14.9. The van der Waals surface area contributed by atoms with Crippen molar-refractivity contribution in [2.75, 3.05) is 13.7 Å². The molecule has 0 unspecified atom stereocenters. The molecule has 132 valence electrons.